The summed E-state index contributed by atoms with van der Waals surface area (Å²) >= 11 is 0. The van der Waals surface area contributed by atoms with E-state index in [2.05, 4.69) is 20.1 Å². The second-order valence-electron chi connectivity index (χ2n) is 7.13. The standard InChI is InChI=1S/C18H21N5O2/c24-18-19-14-3-1-2-4-15(14)23(18)13-7-9-22(10-8-13)11-16-20-21-17(25-16)12-5-6-12/h1-4,12-13H,5-11H2,(H,19,24). The first-order chi connectivity index (χ1) is 12.3. The van der Waals surface area contributed by atoms with Crippen LogP contribution in [0.5, 0.6) is 0 Å². The molecule has 0 bridgehead atoms. The van der Waals surface area contributed by atoms with Crippen molar-refractivity contribution < 1.29 is 4.42 Å². The largest absolute Gasteiger partial charge is 0.424 e. The monoisotopic (exact) mass is 339 g/mol. The van der Waals surface area contributed by atoms with Crippen molar-refractivity contribution in [1.82, 2.24) is 24.6 Å². The van der Waals surface area contributed by atoms with Gasteiger partial charge in [-0.25, -0.2) is 4.79 Å². The van der Waals surface area contributed by atoms with Crippen LogP contribution in [0.25, 0.3) is 11.0 Å². The number of hydrogen-bond donors (Lipinski definition) is 1. The van der Waals surface area contributed by atoms with E-state index < -0.39 is 0 Å². The zero-order valence-electron chi connectivity index (χ0n) is 14.0. The third-order valence-electron chi connectivity index (χ3n) is 5.31. The molecule has 130 valence electrons. The zero-order chi connectivity index (χ0) is 16.8. The van der Waals surface area contributed by atoms with Gasteiger partial charge in [-0.2, -0.15) is 0 Å². The van der Waals surface area contributed by atoms with Crippen molar-refractivity contribution in [2.45, 2.75) is 44.2 Å². The number of nitrogens with one attached hydrogen (secondary N) is 1. The fourth-order valence-corrected chi connectivity index (χ4v) is 3.79. The van der Waals surface area contributed by atoms with E-state index in [1.165, 1.54) is 12.8 Å². The highest BCUT2D eigenvalue weighted by molar-refractivity contribution is 5.75. The van der Waals surface area contributed by atoms with Gasteiger partial charge >= 0.3 is 5.69 Å². The number of piperidine rings is 1. The zero-order valence-corrected chi connectivity index (χ0v) is 14.0. The summed E-state index contributed by atoms with van der Waals surface area (Å²) in [6.07, 6.45) is 4.25. The summed E-state index contributed by atoms with van der Waals surface area (Å²) in [5.74, 6) is 2.01. The highest BCUT2D eigenvalue weighted by Crippen LogP contribution is 2.39. The molecule has 3 heterocycles. The molecule has 1 aliphatic heterocycles. The number of fused-ring (bicyclic) bond motifs is 1. The van der Waals surface area contributed by atoms with Gasteiger partial charge in [0.15, 0.2) is 0 Å². The molecule has 1 saturated carbocycles. The Morgan fingerprint density at radius 1 is 1.12 bits per heavy atom. The lowest BCUT2D eigenvalue weighted by molar-refractivity contribution is 0.165. The molecule has 0 amide bonds. The van der Waals surface area contributed by atoms with Gasteiger partial charge in [0, 0.05) is 25.0 Å². The molecule has 0 radical (unpaired) electrons. The van der Waals surface area contributed by atoms with E-state index in [0.29, 0.717) is 18.4 Å². The minimum Gasteiger partial charge on any atom is -0.424 e. The van der Waals surface area contributed by atoms with Gasteiger partial charge in [-0.15, -0.1) is 10.2 Å². The summed E-state index contributed by atoms with van der Waals surface area (Å²) in [5, 5.41) is 8.33. The first kappa shape index (κ1) is 14.9. The van der Waals surface area contributed by atoms with Crippen LogP contribution in [0, 0.1) is 0 Å². The van der Waals surface area contributed by atoms with Gasteiger partial charge in [-0.1, -0.05) is 12.1 Å². The number of likely N-dealkylation sites (tertiary alicyclic amines) is 1. The highest BCUT2D eigenvalue weighted by Gasteiger charge is 2.30. The maximum Gasteiger partial charge on any atom is 0.326 e. The van der Waals surface area contributed by atoms with Crippen molar-refractivity contribution >= 4 is 11.0 Å². The molecule has 25 heavy (non-hydrogen) atoms. The van der Waals surface area contributed by atoms with E-state index in [1.807, 2.05) is 28.8 Å². The molecular weight excluding hydrogens is 318 g/mol. The predicted molar refractivity (Wildman–Crippen MR) is 92.4 cm³/mol. The predicted octanol–water partition coefficient (Wildman–Crippen LogP) is 2.43. The number of aromatic amines is 1. The Kier molecular flexibility index (Phi) is 3.48. The number of benzene rings is 1. The third kappa shape index (κ3) is 2.78. The van der Waals surface area contributed by atoms with Crippen LogP contribution in [-0.2, 0) is 6.54 Å². The van der Waals surface area contributed by atoms with Crippen molar-refractivity contribution in [3.8, 4) is 0 Å². The Morgan fingerprint density at radius 3 is 2.72 bits per heavy atom. The van der Waals surface area contributed by atoms with Crippen LogP contribution in [0.3, 0.4) is 0 Å². The summed E-state index contributed by atoms with van der Waals surface area (Å²) in [6.45, 7) is 2.56. The lowest BCUT2D eigenvalue weighted by atomic mass is 10.0. The van der Waals surface area contributed by atoms with E-state index in [0.717, 1.165) is 42.9 Å². The van der Waals surface area contributed by atoms with Gasteiger partial charge in [0.2, 0.25) is 11.8 Å². The van der Waals surface area contributed by atoms with Crippen LogP contribution in [-0.4, -0.2) is 37.7 Å². The van der Waals surface area contributed by atoms with E-state index in [1.54, 1.807) is 0 Å². The average Bonchev–Trinajstić information content (AvgIpc) is 3.28. The number of aromatic nitrogens is 4. The van der Waals surface area contributed by atoms with Crippen molar-refractivity contribution in [3.05, 3.63) is 46.5 Å². The van der Waals surface area contributed by atoms with Gasteiger partial charge in [-0.05, 0) is 37.8 Å². The number of para-hydroxylation sites is 2. The fourth-order valence-electron chi connectivity index (χ4n) is 3.79. The first-order valence-electron chi connectivity index (χ1n) is 9.02. The lowest BCUT2D eigenvalue weighted by Crippen LogP contribution is -2.36. The topological polar surface area (TPSA) is 80.0 Å². The smallest absolute Gasteiger partial charge is 0.326 e. The fraction of sp³-hybridized carbons (Fsp3) is 0.500. The normalized spacial score (nSPS) is 19.7. The molecule has 1 saturated heterocycles. The van der Waals surface area contributed by atoms with Gasteiger partial charge in [-0.3, -0.25) is 9.47 Å². The Labute approximate surface area is 144 Å². The van der Waals surface area contributed by atoms with Gasteiger partial charge in [0.05, 0.1) is 17.6 Å². The molecule has 1 aliphatic carbocycles. The molecule has 2 aromatic heterocycles. The van der Waals surface area contributed by atoms with E-state index in [-0.39, 0.29) is 11.7 Å². The molecular formula is C18H21N5O2. The summed E-state index contributed by atoms with van der Waals surface area (Å²) in [6, 6.07) is 8.14. The minimum atomic E-state index is -0.00868. The summed E-state index contributed by atoms with van der Waals surface area (Å²) in [4.78, 5) is 17.6. The Bertz CT molecular complexity index is 944. The molecule has 0 spiro atoms. The summed E-state index contributed by atoms with van der Waals surface area (Å²) in [5.41, 5.74) is 1.90. The van der Waals surface area contributed by atoms with Crippen molar-refractivity contribution in [3.63, 3.8) is 0 Å². The molecule has 3 aromatic rings. The molecule has 2 fully saturated rings. The molecule has 1 N–H and O–H groups in total. The molecule has 7 heteroatoms. The van der Waals surface area contributed by atoms with Crippen molar-refractivity contribution in [2.75, 3.05) is 13.1 Å². The molecule has 7 nitrogen and oxygen atoms in total. The van der Waals surface area contributed by atoms with Crippen molar-refractivity contribution in [2.24, 2.45) is 0 Å². The second kappa shape index (κ2) is 5.84. The summed E-state index contributed by atoms with van der Waals surface area (Å²) < 4.78 is 7.68. The highest BCUT2D eigenvalue weighted by atomic mass is 16.4. The van der Waals surface area contributed by atoms with Crippen LogP contribution in [0.1, 0.15) is 49.4 Å². The molecule has 5 rings (SSSR count). The number of H-pyrrole nitrogens is 1. The summed E-state index contributed by atoms with van der Waals surface area (Å²) in [7, 11) is 0. The maximum absolute atomic E-state index is 12.3. The molecule has 2 aliphatic rings. The van der Waals surface area contributed by atoms with Crippen LogP contribution in [0.15, 0.2) is 33.5 Å². The molecule has 0 unspecified atom stereocenters. The van der Waals surface area contributed by atoms with E-state index in [9.17, 15) is 4.79 Å². The number of nitrogens with zero attached hydrogens (tertiary/aromatic N) is 4. The Balaban J connectivity index is 1.27. The van der Waals surface area contributed by atoms with Crippen LogP contribution < -0.4 is 5.69 Å². The lowest BCUT2D eigenvalue weighted by Gasteiger charge is -2.31. The van der Waals surface area contributed by atoms with E-state index in [4.69, 9.17) is 4.42 Å². The first-order valence-corrected chi connectivity index (χ1v) is 9.02. The Morgan fingerprint density at radius 2 is 1.92 bits per heavy atom. The Hall–Kier alpha value is -2.41. The number of imidazole rings is 1. The minimum absolute atomic E-state index is 0.00868. The number of hydrogen-bond acceptors (Lipinski definition) is 5. The number of rotatable bonds is 4. The van der Waals surface area contributed by atoms with Crippen molar-refractivity contribution in [1.29, 1.82) is 0 Å². The third-order valence-corrected chi connectivity index (χ3v) is 5.31. The second-order valence-corrected chi connectivity index (χ2v) is 7.13. The average molecular weight is 339 g/mol. The van der Waals surface area contributed by atoms with Crippen LogP contribution in [0.2, 0.25) is 0 Å². The van der Waals surface area contributed by atoms with Gasteiger partial charge < -0.3 is 9.40 Å². The van der Waals surface area contributed by atoms with E-state index >= 15 is 0 Å². The van der Waals surface area contributed by atoms with Gasteiger partial charge in [0.25, 0.3) is 0 Å². The quantitative estimate of drug-likeness (QED) is 0.790. The molecule has 1 aromatic carbocycles. The van der Waals surface area contributed by atoms with Crippen LogP contribution >= 0.6 is 0 Å². The molecule has 0 atom stereocenters. The SMILES string of the molecule is O=c1[nH]c2ccccc2n1C1CCN(Cc2nnc(C3CC3)o2)CC1. The maximum atomic E-state index is 12.3. The van der Waals surface area contributed by atoms with Crippen LogP contribution in [0.4, 0.5) is 0 Å². The van der Waals surface area contributed by atoms with Gasteiger partial charge in [0.1, 0.15) is 0 Å².